The lowest BCUT2D eigenvalue weighted by Crippen LogP contribution is -2.39. The number of ether oxygens (including phenoxy) is 3. The lowest BCUT2D eigenvalue weighted by molar-refractivity contribution is -0.120. The lowest BCUT2D eigenvalue weighted by Gasteiger charge is -2.17. The summed E-state index contributed by atoms with van der Waals surface area (Å²) in [7, 11) is 4.97. The zero-order valence-electron chi connectivity index (χ0n) is 11.9. The molecule has 1 aromatic carbocycles. The fourth-order valence-electron chi connectivity index (χ4n) is 2.21. The molecule has 6 nitrogen and oxygen atoms in total. The van der Waals surface area contributed by atoms with Gasteiger partial charge in [0.05, 0.1) is 33.4 Å². The molecule has 6 heteroatoms. The highest BCUT2D eigenvalue weighted by atomic mass is 16.5. The molecule has 2 rings (SSSR count). The minimum atomic E-state index is -0.197. The van der Waals surface area contributed by atoms with E-state index in [4.69, 9.17) is 14.2 Å². The summed E-state index contributed by atoms with van der Waals surface area (Å²) in [5.41, 5.74) is 0.646. The monoisotopic (exact) mass is 280 g/mol. The number of hydrogen-bond donors (Lipinski definition) is 2. The van der Waals surface area contributed by atoms with Gasteiger partial charge in [0, 0.05) is 29.9 Å². The largest absolute Gasteiger partial charge is 0.497 e. The van der Waals surface area contributed by atoms with Crippen LogP contribution in [0, 0.1) is 5.92 Å². The van der Waals surface area contributed by atoms with Crippen LogP contribution in [0.3, 0.4) is 0 Å². The zero-order chi connectivity index (χ0) is 14.5. The van der Waals surface area contributed by atoms with Crippen molar-refractivity contribution >= 4 is 11.6 Å². The molecular weight excluding hydrogens is 260 g/mol. The van der Waals surface area contributed by atoms with E-state index in [0.717, 1.165) is 0 Å². The molecule has 1 amide bonds. The van der Waals surface area contributed by atoms with E-state index in [1.165, 1.54) is 0 Å². The Balaban J connectivity index is 2.10. The van der Waals surface area contributed by atoms with Crippen molar-refractivity contribution in [2.24, 2.45) is 5.92 Å². The predicted molar refractivity (Wildman–Crippen MR) is 75.3 cm³/mol. The molecule has 1 aliphatic rings. The van der Waals surface area contributed by atoms with Crippen molar-refractivity contribution in [3.63, 3.8) is 0 Å². The molecule has 2 N–H and O–H groups in total. The van der Waals surface area contributed by atoms with Gasteiger partial charge in [-0.15, -0.1) is 0 Å². The summed E-state index contributed by atoms with van der Waals surface area (Å²) in [6.45, 7) is 0.981. The molecule has 1 heterocycles. The average Bonchev–Trinajstić information content (AvgIpc) is 2.95. The number of nitrogens with one attached hydrogen (secondary N) is 2. The number of hydrogen-bond acceptors (Lipinski definition) is 5. The molecular formula is C14H20N2O4. The first-order valence-electron chi connectivity index (χ1n) is 6.47. The second kappa shape index (κ2) is 6.58. The highest BCUT2D eigenvalue weighted by Crippen LogP contribution is 2.26. The number of rotatable bonds is 5. The van der Waals surface area contributed by atoms with Crippen LogP contribution in [0.4, 0.5) is 5.69 Å². The van der Waals surface area contributed by atoms with Gasteiger partial charge in [0.2, 0.25) is 5.91 Å². The summed E-state index contributed by atoms with van der Waals surface area (Å²) in [6.07, 6.45) is 0. The molecule has 0 bridgehead atoms. The Bertz CT molecular complexity index is 456. The summed E-state index contributed by atoms with van der Waals surface area (Å²) in [6, 6.07) is 5.31. The maximum absolute atomic E-state index is 12.3. The first kappa shape index (κ1) is 14.6. The summed E-state index contributed by atoms with van der Waals surface area (Å²) in [4.78, 5) is 12.3. The summed E-state index contributed by atoms with van der Waals surface area (Å²) < 4.78 is 15.7. The second-order valence-corrected chi connectivity index (χ2v) is 4.63. The van der Waals surface area contributed by atoms with Crippen molar-refractivity contribution in [3.05, 3.63) is 18.2 Å². The number of benzene rings is 1. The normalized spacial score (nSPS) is 21.6. The van der Waals surface area contributed by atoms with E-state index in [2.05, 4.69) is 10.6 Å². The third-order valence-corrected chi connectivity index (χ3v) is 3.41. The Morgan fingerprint density at radius 3 is 2.40 bits per heavy atom. The fourth-order valence-corrected chi connectivity index (χ4v) is 2.21. The van der Waals surface area contributed by atoms with Crippen LogP contribution < -0.4 is 20.1 Å². The average molecular weight is 280 g/mol. The van der Waals surface area contributed by atoms with Gasteiger partial charge in [0.25, 0.3) is 0 Å². The van der Waals surface area contributed by atoms with Crippen LogP contribution in [0.15, 0.2) is 18.2 Å². The number of carbonyl (C=O) groups excluding carboxylic acids is 1. The molecule has 0 aromatic heterocycles. The number of methoxy groups -OCH3 is 2. The summed E-state index contributed by atoms with van der Waals surface area (Å²) in [5, 5.41) is 5.97. The highest BCUT2D eigenvalue weighted by Gasteiger charge is 2.33. The van der Waals surface area contributed by atoms with Crippen LogP contribution in [0.1, 0.15) is 0 Å². The summed E-state index contributed by atoms with van der Waals surface area (Å²) >= 11 is 0. The van der Waals surface area contributed by atoms with Gasteiger partial charge >= 0.3 is 0 Å². The first-order valence-corrected chi connectivity index (χ1v) is 6.47. The van der Waals surface area contributed by atoms with Gasteiger partial charge in [-0.25, -0.2) is 0 Å². The third kappa shape index (κ3) is 3.20. The van der Waals surface area contributed by atoms with E-state index in [1.807, 2.05) is 7.05 Å². The van der Waals surface area contributed by atoms with E-state index < -0.39 is 0 Å². The molecule has 1 saturated heterocycles. The van der Waals surface area contributed by atoms with Crippen LogP contribution in [0.5, 0.6) is 11.5 Å². The molecule has 2 unspecified atom stereocenters. The topological polar surface area (TPSA) is 68.8 Å². The summed E-state index contributed by atoms with van der Waals surface area (Å²) in [5.74, 6) is 0.995. The predicted octanol–water partition coefficient (Wildman–Crippen LogP) is 0.877. The van der Waals surface area contributed by atoms with E-state index in [0.29, 0.717) is 30.4 Å². The Morgan fingerprint density at radius 2 is 1.85 bits per heavy atom. The third-order valence-electron chi connectivity index (χ3n) is 3.41. The molecule has 110 valence electrons. The fraction of sp³-hybridized carbons (Fsp3) is 0.500. The maximum atomic E-state index is 12.3. The first-order chi connectivity index (χ1) is 9.67. The standard InChI is InChI=1S/C14H20N2O4/c1-15-13-8-20-7-12(13)14(17)16-9-4-10(18-2)6-11(5-9)19-3/h4-6,12-13,15H,7-8H2,1-3H3,(H,16,17). The van der Waals surface area contributed by atoms with Crippen LogP contribution in [-0.4, -0.2) is 46.4 Å². The second-order valence-electron chi connectivity index (χ2n) is 4.63. The van der Waals surface area contributed by atoms with Crippen molar-refractivity contribution in [1.82, 2.24) is 5.32 Å². The lowest BCUT2D eigenvalue weighted by atomic mass is 10.0. The number of carbonyl (C=O) groups is 1. The molecule has 1 aromatic rings. The van der Waals surface area contributed by atoms with Crippen molar-refractivity contribution in [2.75, 3.05) is 39.8 Å². The number of amides is 1. The molecule has 0 radical (unpaired) electrons. The van der Waals surface area contributed by atoms with E-state index in [9.17, 15) is 4.79 Å². The van der Waals surface area contributed by atoms with E-state index >= 15 is 0 Å². The minimum absolute atomic E-state index is 0.0440. The van der Waals surface area contributed by atoms with Gasteiger partial charge in [-0.05, 0) is 7.05 Å². The molecule has 1 aliphatic heterocycles. The Hall–Kier alpha value is -1.79. The number of anilines is 1. The molecule has 1 fully saturated rings. The van der Waals surface area contributed by atoms with E-state index in [-0.39, 0.29) is 17.9 Å². The van der Waals surface area contributed by atoms with Crippen LogP contribution in [0.25, 0.3) is 0 Å². The van der Waals surface area contributed by atoms with Crippen LogP contribution in [0.2, 0.25) is 0 Å². The van der Waals surface area contributed by atoms with Gasteiger partial charge in [-0.1, -0.05) is 0 Å². The van der Waals surface area contributed by atoms with Crippen molar-refractivity contribution in [3.8, 4) is 11.5 Å². The van der Waals surface area contributed by atoms with Gasteiger partial charge in [-0.3, -0.25) is 4.79 Å². The van der Waals surface area contributed by atoms with Crippen molar-refractivity contribution < 1.29 is 19.0 Å². The highest BCUT2D eigenvalue weighted by molar-refractivity contribution is 5.93. The molecule has 0 aliphatic carbocycles. The SMILES string of the molecule is CNC1COCC1C(=O)Nc1cc(OC)cc(OC)c1. The van der Waals surface area contributed by atoms with Gasteiger partial charge in [0.15, 0.2) is 0 Å². The van der Waals surface area contributed by atoms with Gasteiger partial charge in [-0.2, -0.15) is 0 Å². The Kier molecular flexibility index (Phi) is 4.81. The molecule has 2 atom stereocenters. The zero-order valence-corrected chi connectivity index (χ0v) is 11.9. The van der Waals surface area contributed by atoms with E-state index in [1.54, 1.807) is 32.4 Å². The quantitative estimate of drug-likeness (QED) is 0.838. The molecule has 0 saturated carbocycles. The van der Waals surface area contributed by atoms with Crippen molar-refractivity contribution in [2.45, 2.75) is 6.04 Å². The van der Waals surface area contributed by atoms with Crippen molar-refractivity contribution in [1.29, 1.82) is 0 Å². The van der Waals surface area contributed by atoms with Crippen LogP contribution in [-0.2, 0) is 9.53 Å². The minimum Gasteiger partial charge on any atom is -0.497 e. The Morgan fingerprint density at radius 1 is 1.20 bits per heavy atom. The number of likely N-dealkylation sites (N-methyl/N-ethyl adjacent to an activating group) is 1. The Labute approximate surface area is 118 Å². The molecule has 20 heavy (non-hydrogen) atoms. The maximum Gasteiger partial charge on any atom is 0.231 e. The molecule has 0 spiro atoms. The van der Waals surface area contributed by atoms with Crippen LogP contribution >= 0.6 is 0 Å². The smallest absolute Gasteiger partial charge is 0.231 e. The van der Waals surface area contributed by atoms with Gasteiger partial charge < -0.3 is 24.8 Å². The van der Waals surface area contributed by atoms with Gasteiger partial charge in [0.1, 0.15) is 11.5 Å².